The first-order valence-corrected chi connectivity index (χ1v) is 10.9. The van der Waals surface area contributed by atoms with E-state index in [-0.39, 0.29) is 17.2 Å². The van der Waals surface area contributed by atoms with Crippen molar-refractivity contribution in [1.29, 1.82) is 0 Å². The highest BCUT2D eigenvalue weighted by Gasteiger charge is 2.23. The first kappa shape index (κ1) is 22.5. The van der Waals surface area contributed by atoms with Crippen molar-refractivity contribution in [3.05, 3.63) is 86.7 Å². The normalized spacial score (nSPS) is 13.7. The first-order chi connectivity index (χ1) is 15.9. The number of hydrogen-bond donors (Lipinski definition) is 1. The van der Waals surface area contributed by atoms with Crippen LogP contribution >= 0.6 is 0 Å². The zero-order valence-electron chi connectivity index (χ0n) is 18.8. The summed E-state index contributed by atoms with van der Waals surface area (Å²) in [7, 11) is 0. The van der Waals surface area contributed by atoms with Gasteiger partial charge < -0.3 is 15.0 Å². The number of aryl methyl sites for hydroxylation is 1. The van der Waals surface area contributed by atoms with Crippen molar-refractivity contribution in [3.63, 3.8) is 0 Å². The molecule has 2 heterocycles. The maximum absolute atomic E-state index is 12.8. The average molecular weight is 450 g/mol. The van der Waals surface area contributed by atoms with Crippen LogP contribution < -0.4 is 10.2 Å². The molecule has 1 N–H and O–H groups in total. The van der Waals surface area contributed by atoms with Gasteiger partial charge in [-0.1, -0.05) is 30.3 Å². The number of benzene rings is 2. The minimum atomic E-state index is -0.441. The van der Waals surface area contributed by atoms with Crippen LogP contribution in [0.4, 0.5) is 11.4 Å². The minimum Gasteiger partial charge on any atom is -0.378 e. The Morgan fingerprint density at radius 2 is 1.88 bits per heavy atom. The highest BCUT2D eigenvalue weighted by atomic mass is 16.6. The largest absolute Gasteiger partial charge is 0.378 e. The molecule has 1 aromatic heterocycles. The second-order valence-electron chi connectivity index (χ2n) is 8.04. The number of morpholine rings is 1. The van der Waals surface area contributed by atoms with Gasteiger partial charge in [-0.2, -0.15) is 5.10 Å². The second-order valence-corrected chi connectivity index (χ2v) is 8.04. The van der Waals surface area contributed by atoms with Gasteiger partial charge in [-0.05, 0) is 31.5 Å². The van der Waals surface area contributed by atoms with Crippen LogP contribution in [-0.2, 0) is 17.8 Å². The first-order valence-electron chi connectivity index (χ1n) is 10.9. The number of nitro groups is 1. The number of nitrogens with one attached hydrogen (secondary N) is 1. The third-order valence-corrected chi connectivity index (χ3v) is 5.92. The summed E-state index contributed by atoms with van der Waals surface area (Å²) in [5.41, 5.74) is 4.60. The van der Waals surface area contributed by atoms with Crippen LogP contribution in [0.15, 0.2) is 48.5 Å². The van der Waals surface area contributed by atoms with Crippen LogP contribution in [0, 0.1) is 24.0 Å². The molecule has 33 heavy (non-hydrogen) atoms. The van der Waals surface area contributed by atoms with Crippen molar-refractivity contribution in [1.82, 2.24) is 15.1 Å². The van der Waals surface area contributed by atoms with Crippen molar-refractivity contribution >= 4 is 17.3 Å². The summed E-state index contributed by atoms with van der Waals surface area (Å²) in [6.07, 6.45) is 0. The van der Waals surface area contributed by atoms with E-state index >= 15 is 0 Å². The number of nitrogens with zero attached hydrogens (tertiary/aromatic N) is 4. The standard InChI is InChI=1S/C24H27N5O4/c1-17-21(18(2)28(26-17)16-19-6-4-3-5-7-19)15-25-24(30)20-8-9-22(23(14-20)29(31)32)27-10-12-33-13-11-27/h3-9,14H,10-13,15-16H2,1-2H3,(H,25,30). The predicted octanol–water partition coefficient (Wildman–Crippen LogP) is 3.22. The Balaban J connectivity index is 1.47. The number of carbonyl (C=O) groups excluding carboxylic acids is 1. The Morgan fingerprint density at radius 1 is 1.15 bits per heavy atom. The molecule has 1 amide bonds. The average Bonchev–Trinajstić information content (AvgIpc) is 3.10. The van der Waals surface area contributed by atoms with Crippen LogP contribution in [-0.4, -0.2) is 46.9 Å². The Morgan fingerprint density at radius 3 is 2.58 bits per heavy atom. The lowest BCUT2D eigenvalue weighted by atomic mass is 10.1. The molecule has 0 bridgehead atoms. The molecule has 0 radical (unpaired) electrons. The predicted molar refractivity (Wildman–Crippen MR) is 125 cm³/mol. The third-order valence-electron chi connectivity index (χ3n) is 5.92. The van der Waals surface area contributed by atoms with Crippen LogP contribution in [0.25, 0.3) is 0 Å². The van der Waals surface area contributed by atoms with E-state index in [9.17, 15) is 14.9 Å². The smallest absolute Gasteiger partial charge is 0.293 e. The molecule has 3 aromatic rings. The molecule has 0 unspecified atom stereocenters. The number of amides is 1. The van der Waals surface area contributed by atoms with Crippen molar-refractivity contribution in [2.75, 3.05) is 31.2 Å². The van der Waals surface area contributed by atoms with Crippen molar-refractivity contribution in [2.45, 2.75) is 26.9 Å². The fraction of sp³-hybridized carbons (Fsp3) is 0.333. The van der Waals surface area contributed by atoms with E-state index in [1.165, 1.54) is 6.07 Å². The summed E-state index contributed by atoms with van der Waals surface area (Å²) in [4.78, 5) is 25.9. The van der Waals surface area contributed by atoms with Gasteiger partial charge in [-0.25, -0.2) is 0 Å². The molecule has 1 fully saturated rings. The quantitative estimate of drug-likeness (QED) is 0.439. The van der Waals surface area contributed by atoms with E-state index in [0.717, 1.165) is 22.5 Å². The summed E-state index contributed by atoms with van der Waals surface area (Å²) in [6.45, 7) is 7.05. The van der Waals surface area contributed by atoms with E-state index in [4.69, 9.17) is 4.74 Å². The lowest BCUT2D eigenvalue weighted by Crippen LogP contribution is -2.36. The Hall–Kier alpha value is -3.72. The Bertz CT molecular complexity index is 1150. The zero-order chi connectivity index (χ0) is 23.4. The molecular formula is C24H27N5O4. The molecule has 9 heteroatoms. The van der Waals surface area contributed by atoms with Gasteiger partial charge in [-0.15, -0.1) is 0 Å². The molecule has 1 saturated heterocycles. The summed E-state index contributed by atoms with van der Waals surface area (Å²) in [6, 6.07) is 14.7. The van der Waals surface area contributed by atoms with Crippen LogP contribution in [0.2, 0.25) is 0 Å². The van der Waals surface area contributed by atoms with E-state index in [0.29, 0.717) is 45.1 Å². The van der Waals surface area contributed by atoms with Crippen molar-refractivity contribution in [3.8, 4) is 0 Å². The van der Waals surface area contributed by atoms with Crippen molar-refractivity contribution in [2.24, 2.45) is 0 Å². The number of aromatic nitrogens is 2. The van der Waals surface area contributed by atoms with Crippen LogP contribution in [0.1, 0.15) is 32.9 Å². The Labute approximate surface area is 192 Å². The van der Waals surface area contributed by atoms with Crippen LogP contribution in [0.5, 0.6) is 0 Å². The Kier molecular flexibility index (Phi) is 6.69. The summed E-state index contributed by atoms with van der Waals surface area (Å²) in [5.74, 6) is -0.360. The van der Waals surface area contributed by atoms with E-state index in [1.807, 2.05) is 53.8 Å². The summed E-state index contributed by atoms with van der Waals surface area (Å²) >= 11 is 0. The number of anilines is 1. The van der Waals surface area contributed by atoms with Gasteiger partial charge in [0.25, 0.3) is 11.6 Å². The fourth-order valence-electron chi connectivity index (χ4n) is 4.05. The molecule has 2 aromatic carbocycles. The summed E-state index contributed by atoms with van der Waals surface area (Å²) < 4.78 is 7.25. The van der Waals surface area contributed by atoms with Gasteiger partial charge in [0.15, 0.2) is 0 Å². The molecular weight excluding hydrogens is 422 g/mol. The van der Waals surface area contributed by atoms with E-state index < -0.39 is 4.92 Å². The topological polar surface area (TPSA) is 103 Å². The fourth-order valence-corrected chi connectivity index (χ4v) is 4.05. The molecule has 172 valence electrons. The molecule has 0 aliphatic carbocycles. The van der Waals surface area contributed by atoms with Crippen LogP contribution in [0.3, 0.4) is 0 Å². The third kappa shape index (κ3) is 5.04. The highest BCUT2D eigenvalue weighted by molar-refractivity contribution is 5.95. The number of hydrogen-bond acceptors (Lipinski definition) is 6. The van der Waals surface area contributed by atoms with E-state index in [1.54, 1.807) is 12.1 Å². The van der Waals surface area contributed by atoms with Gasteiger partial charge in [0, 0.05) is 42.5 Å². The monoisotopic (exact) mass is 449 g/mol. The minimum absolute atomic E-state index is 0.0763. The molecule has 0 spiro atoms. The molecule has 1 aliphatic rings. The lowest BCUT2D eigenvalue weighted by Gasteiger charge is -2.28. The van der Waals surface area contributed by atoms with Gasteiger partial charge >= 0.3 is 0 Å². The molecule has 1 aliphatic heterocycles. The van der Waals surface area contributed by atoms with E-state index in [2.05, 4.69) is 10.4 Å². The highest BCUT2D eigenvalue weighted by Crippen LogP contribution is 2.30. The molecule has 9 nitrogen and oxygen atoms in total. The maximum Gasteiger partial charge on any atom is 0.293 e. The van der Waals surface area contributed by atoms with Crippen molar-refractivity contribution < 1.29 is 14.5 Å². The van der Waals surface area contributed by atoms with Gasteiger partial charge in [0.05, 0.1) is 30.4 Å². The second kappa shape index (κ2) is 9.83. The number of carbonyl (C=O) groups is 1. The number of ether oxygens (including phenoxy) is 1. The maximum atomic E-state index is 12.8. The van der Waals surface area contributed by atoms with Gasteiger partial charge in [0.2, 0.25) is 0 Å². The van der Waals surface area contributed by atoms with Gasteiger partial charge in [0.1, 0.15) is 5.69 Å². The number of nitro benzene ring substituents is 1. The molecule has 4 rings (SSSR count). The molecule has 0 atom stereocenters. The molecule has 0 saturated carbocycles. The van der Waals surface area contributed by atoms with Gasteiger partial charge in [-0.3, -0.25) is 19.6 Å². The number of rotatable bonds is 7. The summed E-state index contributed by atoms with van der Waals surface area (Å²) in [5, 5.41) is 19.2. The zero-order valence-corrected chi connectivity index (χ0v) is 18.8. The SMILES string of the molecule is Cc1nn(Cc2ccccc2)c(C)c1CNC(=O)c1ccc(N2CCOCC2)c([N+](=O)[O-])c1. The lowest BCUT2D eigenvalue weighted by molar-refractivity contribution is -0.384.